The van der Waals surface area contributed by atoms with Gasteiger partial charge in [-0.25, -0.2) is 0 Å². The molecule has 0 spiro atoms. The minimum Gasteiger partial charge on any atom is -0.491 e. The second-order valence-electron chi connectivity index (χ2n) is 3.43. The number of non-ortho nitro benzene ring substituents is 1. The molecular formula is C11H12ClNO3. The predicted molar refractivity (Wildman–Crippen MR) is 63.0 cm³/mol. The van der Waals surface area contributed by atoms with Gasteiger partial charge in [0.05, 0.1) is 22.6 Å². The molecule has 0 heterocycles. The maximum absolute atomic E-state index is 10.5. The van der Waals surface area contributed by atoms with Gasteiger partial charge in [0.2, 0.25) is 0 Å². The summed E-state index contributed by atoms with van der Waals surface area (Å²) in [6.45, 7) is 6.03. The van der Waals surface area contributed by atoms with Gasteiger partial charge in [0.15, 0.2) is 0 Å². The molecule has 0 N–H and O–H groups in total. The van der Waals surface area contributed by atoms with Gasteiger partial charge in [-0.3, -0.25) is 10.1 Å². The minimum absolute atomic E-state index is 0.0327. The first-order chi connectivity index (χ1) is 7.50. The minimum atomic E-state index is -0.484. The van der Waals surface area contributed by atoms with E-state index in [0.717, 1.165) is 5.57 Å². The Kier molecular flexibility index (Phi) is 4.31. The Hall–Kier alpha value is -1.55. The van der Waals surface area contributed by atoms with Crippen molar-refractivity contribution < 1.29 is 9.66 Å². The first-order valence-electron chi connectivity index (χ1n) is 4.72. The quantitative estimate of drug-likeness (QED) is 0.450. The van der Waals surface area contributed by atoms with E-state index in [9.17, 15) is 10.1 Å². The summed E-state index contributed by atoms with van der Waals surface area (Å²) in [6, 6.07) is 4.12. The second-order valence-corrected chi connectivity index (χ2v) is 3.83. The van der Waals surface area contributed by atoms with Gasteiger partial charge in [0.25, 0.3) is 5.69 Å². The number of halogens is 1. The molecule has 0 aliphatic heterocycles. The summed E-state index contributed by atoms with van der Waals surface area (Å²) in [5.41, 5.74) is 0.955. The summed E-state index contributed by atoms with van der Waals surface area (Å²) in [4.78, 5) is 10.1. The van der Waals surface area contributed by atoms with Gasteiger partial charge in [-0.2, -0.15) is 0 Å². The van der Waals surface area contributed by atoms with E-state index in [4.69, 9.17) is 16.3 Å². The molecule has 0 aliphatic rings. The number of nitrogens with zero attached hydrogens (tertiary/aromatic N) is 1. The maximum atomic E-state index is 10.5. The Morgan fingerprint density at radius 3 is 2.88 bits per heavy atom. The van der Waals surface area contributed by atoms with Gasteiger partial charge in [-0.05, 0) is 13.0 Å². The molecule has 4 nitrogen and oxygen atoms in total. The van der Waals surface area contributed by atoms with Crippen LogP contribution in [0.2, 0.25) is 5.02 Å². The smallest absolute Gasteiger partial charge is 0.273 e. The Morgan fingerprint density at radius 2 is 2.31 bits per heavy atom. The summed E-state index contributed by atoms with van der Waals surface area (Å²) in [5, 5.41) is 10.9. The SMILES string of the molecule is C=C(C)CCOc1cc([N+](=O)[O-])ccc1Cl. The zero-order valence-corrected chi connectivity index (χ0v) is 9.66. The number of nitro benzene ring substituents is 1. The van der Waals surface area contributed by atoms with Crippen LogP contribution >= 0.6 is 11.6 Å². The first-order valence-corrected chi connectivity index (χ1v) is 5.09. The van der Waals surface area contributed by atoms with E-state index in [-0.39, 0.29) is 5.69 Å². The van der Waals surface area contributed by atoms with Crippen molar-refractivity contribution in [2.45, 2.75) is 13.3 Å². The largest absolute Gasteiger partial charge is 0.491 e. The van der Waals surface area contributed by atoms with E-state index in [1.165, 1.54) is 18.2 Å². The van der Waals surface area contributed by atoms with Crippen LogP contribution in [0.25, 0.3) is 0 Å². The molecule has 0 bridgehead atoms. The molecule has 0 saturated carbocycles. The Bertz CT molecular complexity index is 418. The van der Waals surface area contributed by atoms with Crippen LogP contribution in [0.1, 0.15) is 13.3 Å². The van der Waals surface area contributed by atoms with Crippen molar-refractivity contribution in [1.29, 1.82) is 0 Å². The van der Waals surface area contributed by atoms with E-state index in [1.807, 2.05) is 6.92 Å². The fourth-order valence-corrected chi connectivity index (χ4v) is 1.22. The van der Waals surface area contributed by atoms with Crippen molar-refractivity contribution in [2.75, 3.05) is 6.61 Å². The molecule has 0 fully saturated rings. The third-order valence-electron chi connectivity index (χ3n) is 1.91. The molecular weight excluding hydrogens is 230 g/mol. The molecule has 0 aliphatic carbocycles. The van der Waals surface area contributed by atoms with Gasteiger partial charge in [-0.1, -0.05) is 17.2 Å². The van der Waals surface area contributed by atoms with Gasteiger partial charge in [0.1, 0.15) is 5.75 Å². The van der Waals surface area contributed by atoms with Crippen molar-refractivity contribution in [1.82, 2.24) is 0 Å². The van der Waals surface area contributed by atoms with Crippen LogP contribution in [-0.2, 0) is 0 Å². The Morgan fingerprint density at radius 1 is 1.62 bits per heavy atom. The lowest BCUT2D eigenvalue weighted by atomic mass is 10.2. The molecule has 0 aromatic heterocycles. The zero-order chi connectivity index (χ0) is 12.1. The summed E-state index contributed by atoms with van der Waals surface area (Å²) in [7, 11) is 0. The van der Waals surface area contributed by atoms with Crippen molar-refractivity contribution in [2.24, 2.45) is 0 Å². The van der Waals surface area contributed by atoms with E-state index in [0.29, 0.717) is 23.8 Å². The summed E-state index contributed by atoms with van der Waals surface area (Å²) in [6.07, 6.45) is 0.693. The number of ether oxygens (including phenoxy) is 1. The monoisotopic (exact) mass is 241 g/mol. The van der Waals surface area contributed by atoms with Crippen LogP contribution in [0.3, 0.4) is 0 Å². The lowest BCUT2D eigenvalue weighted by Crippen LogP contribution is -1.99. The van der Waals surface area contributed by atoms with E-state index < -0.39 is 4.92 Å². The molecule has 1 aromatic rings. The number of nitro groups is 1. The molecule has 1 aromatic carbocycles. The molecule has 16 heavy (non-hydrogen) atoms. The van der Waals surface area contributed by atoms with Crippen LogP contribution in [-0.4, -0.2) is 11.5 Å². The van der Waals surface area contributed by atoms with Crippen LogP contribution < -0.4 is 4.74 Å². The van der Waals surface area contributed by atoms with Crippen LogP contribution in [0.4, 0.5) is 5.69 Å². The number of hydrogen-bond acceptors (Lipinski definition) is 3. The molecule has 0 amide bonds. The molecule has 86 valence electrons. The number of benzene rings is 1. The fraction of sp³-hybridized carbons (Fsp3) is 0.273. The molecule has 0 unspecified atom stereocenters. The summed E-state index contributed by atoms with van der Waals surface area (Å²) < 4.78 is 5.34. The number of hydrogen-bond donors (Lipinski definition) is 0. The number of rotatable bonds is 5. The fourth-order valence-electron chi connectivity index (χ4n) is 1.05. The predicted octanol–water partition coefficient (Wildman–Crippen LogP) is 3.59. The summed E-state index contributed by atoms with van der Waals surface area (Å²) >= 11 is 5.85. The van der Waals surface area contributed by atoms with Crippen LogP contribution in [0.5, 0.6) is 5.75 Å². The normalized spacial score (nSPS) is 9.88. The first kappa shape index (κ1) is 12.5. The van der Waals surface area contributed by atoms with Gasteiger partial charge in [-0.15, -0.1) is 6.58 Å². The van der Waals surface area contributed by atoms with Gasteiger partial charge in [0, 0.05) is 12.5 Å². The Labute approximate surface area is 98.6 Å². The molecule has 1 rings (SSSR count). The molecule has 0 saturated heterocycles. The highest BCUT2D eigenvalue weighted by Crippen LogP contribution is 2.28. The molecule has 5 heteroatoms. The average molecular weight is 242 g/mol. The van der Waals surface area contributed by atoms with Crippen molar-refractivity contribution in [3.8, 4) is 5.75 Å². The van der Waals surface area contributed by atoms with Crippen LogP contribution in [0, 0.1) is 10.1 Å². The third kappa shape index (κ3) is 3.55. The zero-order valence-electron chi connectivity index (χ0n) is 8.90. The van der Waals surface area contributed by atoms with E-state index >= 15 is 0 Å². The maximum Gasteiger partial charge on any atom is 0.273 e. The van der Waals surface area contributed by atoms with Gasteiger partial charge >= 0.3 is 0 Å². The standard InChI is InChI=1S/C11H12ClNO3/c1-8(2)5-6-16-11-7-9(13(14)15)3-4-10(11)12/h3-4,7H,1,5-6H2,2H3. The molecule has 0 atom stereocenters. The highest BCUT2D eigenvalue weighted by molar-refractivity contribution is 6.32. The highest BCUT2D eigenvalue weighted by atomic mass is 35.5. The summed E-state index contributed by atoms with van der Waals surface area (Å²) in [5.74, 6) is 0.331. The topological polar surface area (TPSA) is 52.4 Å². The van der Waals surface area contributed by atoms with Crippen molar-refractivity contribution in [3.05, 3.63) is 45.5 Å². The highest BCUT2D eigenvalue weighted by Gasteiger charge is 2.10. The van der Waals surface area contributed by atoms with Crippen LogP contribution in [0.15, 0.2) is 30.4 Å². The molecule has 0 radical (unpaired) electrons. The van der Waals surface area contributed by atoms with Crippen molar-refractivity contribution >= 4 is 17.3 Å². The van der Waals surface area contributed by atoms with E-state index in [1.54, 1.807) is 0 Å². The van der Waals surface area contributed by atoms with Gasteiger partial charge < -0.3 is 4.74 Å². The third-order valence-corrected chi connectivity index (χ3v) is 2.22. The second kappa shape index (κ2) is 5.51. The lowest BCUT2D eigenvalue weighted by molar-refractivity contribution is -0.384. The van der Waals surface area contributed by atoms with E-state index in [2.05, 4.69) is 6.58 Å². The van der Waals surface area contributed by atoms with Crippen molar-refractivity contribution in [3.63, 3.8) is 0 Å². The Balaban J connectivity index is 2.74. The average Bonchev–Trinajstić information content (AvgIpc) is 2.20. The lowest BCUT2D eigenvalue weighted by Gasteiger charge is -2.07.